The lowest BCUT2D eigenvalue weighted by atomic mass is 10.1. The summed E-state index contributed by atoms with van der Waals surface area (Å²) in [6, 6.07) is 19.3. The van der Waals surface area contributed by atoms with Gasteiger partial charge in [0.05, 0.1) is 11.0 Å². The van der Waals surface area contributed by atoms with Gasteiger partial charge in [0.15, 0.2) is 0 Å². The second-order valence-corrected chi connectivity index (χ2v) is 5.53. The number of para-hydroxylation sites is 2. The fourth-order valence-corrected chi connectivity index (χ4v) is 2.91. The third kappa shape index (κ3) is 2.26. The first-order chi connectivity index (χ1) is 11.2. The van der Waals surface area contributed by atoms with Crippen molar-refractivity contribution >= 4 is 22.6 Å². The van der Waals surface area contributed by atoms with Crippen molar-refractivity contribution in [3.63, 3.8) is 0 Å². The molecule has 0 aliphatic rings. The summed E-state index contributed by atoms with van der Waals surface area (Å²) in [6.45, 7) is 0.565. The second-order valence-electron chi connectivity index (χ2n) is 5.53. The van der Waals surface area contributed by atoms with Crippen LogP contribution >= 0.6 is 0 Å². The Morgan fingerprint density at radius 1 is 1.00 bits per heavy atom. The van der Waals surface area contributed by atoms with Crippen LogP contribution < -0.4 is 11.3 Å². The van der Waals surface area contributed by atoms with Crippen LogP contribution in [0.2, 0.25) is 0 Å². The highest BCUT2D eigenvalue weighted by Crippen LogP contribution is 2.18. The third-order valence-electron chi connectivity index (χ3n) is 4.05. The molecule has 5 nitrogen and oxygen atoms in total. The van der Waals surface area contributed by atoms with Crippen LogP contribution in [0, 0.1) is 0 Å². The molecule has 0 saturated carbocycles. The van der Waals surface area contributed by atoms with E-state index in [1.54, 1.807) is 4.57 Å². The summed E-state index contributed by atoms with van der Waals surface area (Å²) < 4.78 is 3.52. The first-order valence-corrected chi connectivity index (χ1v) is 7.54. The molecule has 2 heterocycles. The SMILES string of the molecule is Nc1cc(=O)n(CCc2ccccc2)c2nc3ccccc3n12. The number of nitrogens with zero attached hydrogens (tertiary/aromatic N) is 3. The van der Waals surface area contributed by atoms with Gasteiger partial charge < -0.3 is 5.73 Å². The lowest BCUT2D eigenvalue weighted by molar-refractivity contribution is 0.675. The Bertz CT molecular complexity index is 1050. The van der Waals surface area contributed by atoms with Gasteiger partial charge in [0.1, 0.15) is 5.82 Å². The summed E-state index contributed by atoms with van der Waals surface area (Å²) in [5.74, 6) is 1.00. The first-order valence-electron chi connectivity index (χ1n) is 7.54. The van der Waals surface area contributed by atoms with Gasteiger partial charge in [0.25, 0.3) is 5.56 Å². The van der Waals surface area contributed by atoms with Gasteiger partial charge in [-0.25, -0.2) is 4.98 Å². The predicted molar refractivity (Wildman–Crippen MR) is 91.5 cm³/mol. The predicted octanol–water partition coefficient (Wildman–Crippen LogP) is 2.47. The van der Waals surface area contributed by atoms with Crippen LogP contribution in [0.15, 0.2) is 65.5 Å². The Morgan fingerprint density at radius 2 is 1.74 bits per heavy atom. The Labute approximate surface area is 132 Å². The van der Waals surface area contributed by atoms with E-state index in [1.807, 2.05) is 46.9 Å². The molecule has 0 atom stereocenters. The number of hydrogen-bond donors (Lipinski definition) is 1. The van der Waals surface area contributed by atoms with Crippen molar-refractivity contribution in [2.24, 2.45) is 0 Å². The molecule has 4 rings (SSSR count). The molecule has 4 aromatic rings. The van der Waals surface area contributed by atoms with Gasteiger partial charge >= 0.3 is 0 Å². The molecule has 0 radical (unpaired) electrons. The molecule has 2 aromatic carbocycles. The van der Waals surface area contributed by atoms with Crippen LogP contribution in [0.4, 0.5) is 5.82 Å². The van der Waals surface area contributed by atoms with Crippen LogP contribution in [0.5, 0.6) is 0 Å². The molecule has 2 aromatic heterocycles. The van der Waals surface area contributed by atoms with Crippen LogP contribution in [-0.2, 0) is 13.0 Å². The molecule has 0 bridgehead atoms. The number of hydrogen-bond acceptors (Lipinski definition) is 3. The van der Waals surface area contributed by atoms with Crippen molar-refractivity contribution in [3.8, 4) is 0 Å². The zero-order valence-electron chi connectivity index (χ0n) is 12.5. The van der Waals surface area contributed by atoms with Crippen molar-refractivity contribution in [2.75, 3.05) is 5.73 Å². The summed E-state index contributed by atoms with van der Waals surface area (Å²) in [4.78, 5) is 17.0. The number of nitrogen functional groups attached to an aromatic ring is 1. The molecule has 0 aliphatic heterocycles. The fourth-order valence-electron chi connectivity index (χ4n) is 2.91. The molecule has 5 heteroatoms. The fraction of sp³-hybridized carbons (Fsp3) is 0.111. The Balaban J connectivity index is 1.87. The highest BCUT2D eigenvalue weighted by molar-refractivity contribution is 5.81. The molecule has 0 amide bonds. The zero-order valence-corrected chi connectivity index (χ0v) is 12.5. The minimum atomic E-state index is -0.124. The molecule has 23 heavy (non-hydrogen) atoms. The highest BCUT2D eigenvalue weighted by Gasteiger charge is 2.12. The Hall–Kier alpha value is -3.08. The van der Waals surface area contributed by atoms with Gasteiger partial charge in [-0.15, -0.1) is 0 Å². The van der Waals surface area contributed by atoms with Crippen LogP contribution in [0.3, 0.4) is 0 Å². The van der Waals surface area contributed by atoms with E-state index in [0.717, 1.165) is 17.5 Å². The number of rotatable bonds is 3. The first kappa shape index (κ1) is 13.6. The Morgan fingerprint density at radius 3 is 2.57 bits per heavy atom. The van der Waals surface area contributed by atoms with Crippen LogP contribution in [0.25, 0.3) is 16.8 Å². The molecule has 0 saturated heterocycles. The third-order valence-corrected chi connectivity index (χ3v) is 4.05. The monoisotopic (exact) mass is 304 g/mol. The maximum absolute atomic E-state index is 12.4. The van der Waals surface area contributed by atoms with E-state index in [4.69, 9.17) is 5.73 Å². The van der Waals surface area contributed by atoms with E-state index in [9.17, 15) is 4.79 Å². The topological polar surface area (TPSA) is 65.3 Å². The number of nitrogens with two attached hydrogens (primary N) is 1. The second kappa shape index (κ2) is 5.28. The average Bonchev–Trinajstić information content (AvgIpc) is 2.95. The summed E-state index contributed by atoms with van der Waals surface area (Å²) in [7, 11) is 0. The van der Waals surface area contributed by atoms with Gasteiger partial charge in [0.2, 0.25) is 5.78 Å². The van der Waals surface area contributed by atoms with E-state index in [1.165, 1.54) is 11.6 Å². The minimum absolute atomic E-state index is 0.124. The van der Waals surface area contributed by atoms with Crippen LogP contribution in [-0.4, -0.2) is 14.0 Å². The molecule has 0 spiro atoms. The normalized spacial score (nSPS) is 11.3. The van der Waals surface area contributed by atoms with E-state index in [0.29, 0.717) is 18.1 Å². The van der Waals surface area contributed by atoms with Crippen molar-refractivity contribution in [1.29, 1.82) is 0 Å². The number of aryl methyl sites for hydroxylation is 2. The summed E-state index contributed by atoms with van der Waals surface area (Å²) in [5, 5.41) is 0. The standard InChI is InChI=1S/C18H16N4O/c19-16-12-17(23)21(11-10-13-6-2-1-3-7-13)18-20-14-8-4-5-9-15(14)22(16)18/h1-9,12H,10-11,19H2. The Kier molecular flexibility index (Phi) is 3.12. The smallest absolute Gasteiger partial charge is 0.256 e. The number of aromatic nitrogens is 3. The van der Waals surface area contributed by atoms with Gasteiger partial charge in [-0.1, -0.05) is 42.5 Å². The number of fused-ring (bicyclic) bond motifs is 3. The number of anilines is 1. The van der Waals surface area contributed by atoms with Crippen molar-refractivity contribution in [3.05, 3.63) is 76.6 Å². The largest absolute Gasteiger partial charge is 0.385 e. The van der Waals surface area contributed by atoms with Crippen molar-refractivity contribution < 1.29 is 0 Å². The molecule has 0 aliphatic carbocycles. The molecule has 0 unspecified atom stereocenters. The minimum Gasteiger partial charge on any atom is -0.385 e. The van der Waals surface area contributed by atoms with E-state index in [2.05, 4.69) is 17.1 Å². The molecular formula is C18H16N4O. The van der Waals surface area contributed by atoms with E-state index in [-0.39, 0.29) is 5.56 Å². The molecule has 0 fully saturated rings. The van der Waals surface area contributed by atoms with Gasteiger partial charge in [-0.3, -0.25) is 13.8 Å². The van der Waals surface area contributed by atoms with E-state index >= 15 is 0 Å². The average molecular weight is 304 g/mol. The lowest BCUT2D eigenvalue weighted by Crippen LogP contribution is -2.24. The molecular weight excluding hydrogens is 288 g/mol. The van der Waals surface area contributed by atoms with Gasteiger partial charge in [-0.05, 0) is 24.1 Å². The quantitative estimate of drug-likeness (QED) is 0.632. The summed E-state index contributed by atoms with van der Waals surface area (Å²) in [5.41, 5.74) is 8.86. The van der Waals surface area contributed by atoms with Crippen LogP contribution in [0.1, 0.15) is 5.56 Å². The molecule has 2 N–H and O–H groups in total. The highest BCUT2D eigenvalue weighted by atomic mass is 16.1. The van der Waals surface area contributed by atoms with E-state index < -0.39 is 0 Å². The number of benzene rings is 2. The lowest BCUT2D eigenvalue weighted by Gasteiger charge is -2.09. The number of imidazole rings is 1. The summed E-state index contributed by atoms with van der Waals surface area (Å²) in [6.07, 6.45) is 0.767. The maximum Gasteiger partial charge on any atom is 0.256 e. The summed E-state index contributed by atoms with van der Waals surface area (Å²) >= 11 is 0. The molecule has 114 valence electrons. The van der Waals surface area contributed by atoms with Crippen molar-refractivity contribution in [1.82, 2.24) is 14.0 Å². The maximum atomic E-state index is 12.4. The van der Waals surface area contributed by atoms with Gasteiger partial charge in [-0.2, -0.15) is 0 Å². The zero-order chi connectivity index (χ0) is 15.8. The van der Waals surface area contributed by atoms with Gasteiger partial charge in [0, 0.05) is 12.6 Å². The van der Waals surface area contributed by atoms with Crippen molar-refractivity contribution in [2.45, 2.75) is 13.0 Å².